The van der Waals surface area contributed by atoms with E-state index < -0.39 is 70.6 Å². The van der Waals surface area contributed by atoms with Gasteiger partial charge in [-0.15, -0.1) is 0 Å². The number of methoxy groups -OCH3 is 1. The molecule has 5 amide bonds. The van der Waals surface area contributed by atoms with E-state index >= 15 is 0 Å². The van der Waals surface area contributed by atoms with Gasteiger partial charge in [-0.3, -0.25) is 24.0 Å². The van der Waals surface area contributed by atoms with Crippen molar-refractivity contribution in [2.24, 2.45) is 11.5 Å². The molecular formula is C70H67N11O13. The Kier molecular flexibility index (Phi) is 18.4. The Labute approximate surface area is 539 Å². The molecule has 94 heavy (non-hydrogen) atoms. The second-order valence-corrected chi connectivity index (χ2v) is 23.3. The summed E-state index contributed by atoms with van der Waals surface area (Å²) in [7, 11) is 6.18. The van der Waals surface area contributed by atoms with Crippen LogP contribution >= 0.6 is 0 Å². The lowest BCUT2D eigenvalue weighted by Gasteiger charge is -2.13. The number of amides is 5. The third-order valence-corrected chi connectivity index (χ3v) is 16.4. The Morgan fingerprint density at radius 3 is 1.01 bits per heavy atom. The summed E-state index contributed by atoms with van der Waals surface area (Å²) in [5.74, 6) is 13.6. The van der Waals surface area contributed by atoms with Crippen LogP contribution < -0.4 is 11.5 Å². The summed E-state index contributed by atoms with van der Waals surface area (Å²) < 4.78 is 9.64. The number of benzene rings is 6. The van der Waals surface area contributed by atoms with Crippen molar-refractivity contribution in [3.05, 3.63) is 178 Å². The lowest BCUT2D eigenvalue weighted by molar-refractivity contribution is -0.138. The number of aliphatic hydroxyl groups is 6. The number of nitrogens with zero attached hydrogens (tertiary/aromatic N) is 9. The summed E-state index contributed by atoms with van der Waals surface area (Å²) in [6.45, 7) is 6.28. The topological polar surface area (TPSA) is 348 Å². The van der Waals surface area contributed by atoms with Crippen LogP contribution in [0.3, 0.4) is 0 Å². The van der Waals surface area contributed by atoms with Crippen molar-refractivity contribution in [1.82, 2.24) is 44.0 Å². The highest BCUT2D eigenvalue weighted by Crippen LogP contribution is 2.31. The molecule has 3 saturated heterocycles. The summed E-state index contributed by atoms with van der Waals surface area (Å²) in [4.78, 5) is 77.0. The van der Waals surface area contributed by atoms with Gasteiger partial charge >= 0.3 is 5.97 Å². The van der Waals surface area contributed by atoms with Crippen molar-refractivity contribution < 1.29 is 64.1 Å². The summed E-state index contributed by atoms with van der Waals surface area (Å²) in [6.07, 6.45) is -1.33. The second kappa shape index (κ2) is 26.3. The molecule has 0 bridgehead atoms. The number of nitrogens with two attached hydrogens (primary N) is 2. The average molecular weight is 1270 g/mol. The minimum atomic E-state index is -1.68. The molecule has 6 atom stereocenters. The summed E-state index contributed by atoms with van der Waals surface area (Å²) in [5, 5.41) is 76.0. The maximum Gasteiger partial charge on any atom is 0.359 e. The van der Waals surface area contributed by atoms with Crippen LogP contribution in [-0.4, -0.2) is 175 Å². The molecule has 3 fully saturated rings. The van der Waals surface area contributed by atoms with Crippen LogP contribution in [0, 0.1) is 35.5 Å². The SMILES string of the molecule is COC(=O)c1nn(-c2cccc(C#C[C@]3(O)CCN(C)C3=O)c2)c2ccc(C(C)O)cc12.C[C@@H](O)c1ccc2c(c1)c(C(N)=O)nn2-c1cccc(C#C[C@]2(O)CCN(C)C2=O)c1.C[C@H](O)c1ccc2c(c1)c(C(N)=O)nn2-c1cccc(C#C[C@]2(O)CCN(C)C2=O)c1. The zero-order valence-electron chi connectivity index (χ0n) is 52.3. The Morgan fingerprint density at radius 1 is 0.468 bits per heavy atom. The first kappa shape index (κ1) is 65.9. The molecule has 12 rings (SSSR count). The van der Waals surface area contributed by atoms with Gasteiger partial charge in [-0.25, -0.2) is 18.8 Å². The van der Waals surface area contributed by atoms with E-state index in [0.29, 0.717) is 103 Å². The molecule has 3 aliphatic heterocycles. The number of primary amides is 2. The van der Waals surface area contributed by atoms with E-state index in [-0.39, 0.29) is 36.3 Å². The minimum Gasteiger partial charge on any atom is -0.464 e. The fourth-order valence-corrected chi connectivity index (χ4v) is 11.0. The zero-order chi connectivity index (χ0) is 67.7. The first-order chi connectivity index (χ1) is 44.6. The van der Waals surface area contributed by atoms with Crippen LogP contribution in [0.15, 0.2) is 127 Å². The smallest absolute Gasteiger partial charge is 0.359 e. The van der Waals surface area contributed by atoms with Crippen LogP contribution in [-0.2, 0) is 19.1 Å². The van der Waals surface area contributed by atoms with Gasteiger partial charge in [-0.1, -0.05) is 71.9 Å². The molecule has 3 aromatic heterocycles. The van der Waals surface area contributed by atoms with Crippen molar-refractivity contribution in [1.29, 1.82) is 0 Å². The van der Waals surface area contributed by atoms with Gasteiger partial charge in [0, 0.05) is 92.9 Å². The van der Waals surface area contributed by atoms with E-state index in [9.17, 15) is 59.4 Å². The van der Waals surface area contributed by atoms with E-state index in [1.54, 1.807) is 177 Å². The number of fused-ring (bicyclic) bond motifs is 3. The van der Waals surface area contributed by atoms with Crippen LogP contribution in [0.2, 0.25) is 0 Å². The number of rotatable bonds is 9. The first-order valence-corrected chi connectivity index (χ1v) is 29.8. The third kappa shape index (κ3) is 13.2. The molecule has 24 heteroatoms. The lowest BCUT2D eigenvalue weighted by Crippen LogP contribution is -2.37. The molecular weight excluding hydrogens is 1200 g/mol. The van der Waals surface area contributed by atoms with Gasteiger partial charge in [0.2, 0.25) is 16.8 Å². The highest BCUT2D eigenvalue weighted by Gasteiger charge is 2.44. The number of ether oxygens (including phenoxy) is 1. The summed E-state index contributed by atoms with van der Waals surface area (Å²) in [5.41, 5.74) is 13.9. The fraction of sp³-hybridized carbons (Fsp3) is 0.271. The number of hydrogen-bond acceptors (Lipinski definition) is 16. The third-order valence-electron chi connectivity index (χ3n) is 16.4. The number of carbonyl (C=O) groups is 6. The van der Waals surface area contributed by atoms with Gasteiger partial charge in [0.1, 0.15) is 0 Å². The Bertz CT molecular complexity index is 4560. The van der Waals surface area contributed by atoms with E-state index in [1.165, 1.54) is 21.8 Å². The standard InChI is InChI=1S/C24H23N3O5.2C23H22N4O4/c1-15(28)17-7-8-20-19(14-17)21(22(29)32-3)25-27(20)18-6-4-5-16(13-18)9-10-24(31)11-12-26(2)23(24)30;2*1-14(28)16-6-7-19-18(13-16)20(21(24)29)25-27(19)17-5-3-4-15(12-17)8-9-23(31)10-11-26(2)22(23)30/h4-8,13-15,28,31H,11-12H2,1-3H3;2*3-7,12-14,28,31H,10-11H2,1-2H3,(H2,24,29)/t15?,24-;14-,23+;14-,23-/m010/s1. The van der Waals surface area contributed by atoms with Crippen LogP contribution in [0.1, 0.15) is 123 Å². The highest BCUT2D eigenvalue weighted by molar-refractivity contribution is 6.06. The summed E-state index contributed by atoms with van der Waals surface area (Å²) in [6, 6.07) is 37.0. The van der Waals surface area contributed by atoms with E-state index in [0.717, 1.165) is 0 Å². The first-order valence-electron chi connectivity index (χ1n) is 29.8. The molecule has 0 spiro atoms. The lowest BCUT2D eigenvalue weighted by atomic mass is 10.0. The fourth-order valence-electron chi connectivity index (χ4n) is 11.0. The van der Waals surface area contributed by atoms with E-state index in [4.69, 9.17) is 16.2 Å². The Morgan fingerprint density at radius 2 is 0.755 bits per heavy atom. The van der Waals surface area contributed by atoms with E-state index in [1.807, 2.05) is 6.07 Å². The Balaban J connectivity index is 0.000000154. The van der Waals surface area contributed by atoms with Crippen molar-refractivity contribution in [3.8, 4) is 52.6 Å². The molecule has 24 nitrogen and oxygen atoms in total. The second-order valence-electron chi connectivity index (χ2n) is 23.3. The number of likely N-dealkylation sites (tertiary alicyclic amines) is 3. The monoisotopic (exact) mass is 1270 g/mol. The van der Waals surface area contributed by atoms with Crippen LogP contribution in [0.25, 0.3) is 49.8 Å². The molecule has 10 N–H and O–H groups in total. The largest absolute Gasteiger partial charge is 0.464 e. The van der Waals surface area contributed by atoms with E-state index in [2.05, 4.69) is 50.8 Å². The van der Waals surface area contributed by atoms with Crippen molar-refractivity contribution >= 4 is 68.2 Å². The quantitative estimate of drug-likeness (QED) is 0.0746. The van der Waals surface area contributed by atoms with Gasteiger partial charge in [-0.2, -0.15) is 15.3 Å². The number of aliphatic hydroxyl groups excluding tert-OH is 3. The number of esters is 1. The molecule has 3 aliphatic rings. The summed E-state index contributed by atoms with van der Waals surface area (Å²) >= 11 is 0. The maximum absolute atomic E-state index is 12.3. The van der Waals surface area contributed by atoms with Crippen LogP contribution in [0.4, 0.5) is 0 Å². The molecule has 9 aromatic rings. The van der Waals surface area contributed by atoms with Crippen molar-refractivity contribution in [2.45, 2.75) is 75.1 Å². The minimum absolute atomic E-state index is 0.0999. The van der Waals surface area contributed by atoms with Gasteiger partial charge < -0.3 is 61.5 Å². The zero-order valence-corrected chi connectivity index (χ0v) is 52.3. The van der Waals surface area contributed by atoms with Gasteiger partial charge in [0.05, 0.1) is 59.0 Å². The molecule has 6 heterocycles. The van der Waals surface area contributed by atoms with Crippen LogP contribution in [0.5, 0.6) is 0 Å². The molecule has 0 radical (unpaired) electrons. The number of hydrogen-bond donors (Lipinski definition) is 8. The average Bonchev–Trinajstić information content (AvgIpc) is 1.63. The molecule has 6 aromatic carbocycles. The number of likely N-dealkylation sites (N-methyl/N-ethyl adjacent to an activating group) is 3. The van der Waals surface area contributed by atoms with Gasteiger partial charge in [0.25, 0.3) is 29.5 Å². The molecule has 480 valence electrons. The molecule has 0 saturated carbocycles. The maximum atomic E-state index is 12.3. The van der Waals surface area contributed by atoms with Crippen molar-refractivity contribution in [2.75, 3.05) is 47.9 Å². The Hall–Kier alpha value is -11.0. The highest BCUT2D eigenvalue weighted by atomic mass is 16.5. The normalized spacial score (nSPS) is 19.2. The molecule has 0 aliphatic carbocycles. The van der Waals surface area contributed by atoms with Gasteiger partial charge in [0.15, 0.2) is 17.1 Å². The number of aromatic nitrogens is 6. The van der Waals surface area contributed by atoms with Crippen molar-refractivity contribution in [3.63, 3.8) is 0 Å². The predicted molar refractivity (Wildman–Crippen MR) is 346 cm³/mol. The molecule has 1 unspecified atom stereocenters. The predicted octanol–water partition coefficient (Wildman–Crippen LogP) is 4.05. The van der Waals surface area contributed by atoms with Gasteiger partial charge in [-0.05, 0) is 128 Å². The number of carbonyl (C=O) groups excluding carboxylic acids is 6.